The van der Waals surface area contributed by atoms with E-state index in [1.807, 2.05) is 0 Å². The summed E-state index contributed by atoms with van der Waals surface area (Å²) >= 11 is 0. The molecule has 2 heteroatoms. The van der Waals surface area contributed by atoms with Gasteiger partial charge in [0.1, 0.15) is 5.83 Å². The maximum Gasteiger partial charge on any atom is 0.121 e. The van der Waals surface area contributed by atoms with Crippen LogP contribution >= 0.6 is 0 Å². The fraction of sp³-hybridized carbons (Fsp3) is 0.889. The predicted octanol–water partition coefficient (Wildman–Crippen LogP) is 6.31. The molecule has 0 saturated carbocycles. The lowest BCUT2D eigenvalue weighted by atomic mass is 10.0. The molecule has 0 atom stereocenters. The molecule has 0 aromatic heterocycles. The van der Waals surface area contributed by atoms with Gasteiger partial charge in [0.15, 0.2) is 0 Å². The standard InChI is InChI=1S/C18H35FO/c1-2-3-4-5-6-7-8-9-10-11-12-13-14-15-16-18(19)17-20/h16,20H,2-15,17H2,1H3/b18-16+. The number of hydrogen-bond acceptors (Lipinski definition) is 1. The van der Waals surface area contributed by atoms with Gasteiger partial charge in [-0.2, -0.15) is 0 Å². The summed E-state index contributed by atoms with van der Waals surface area (Å²) in [4.78, 5) is 0. The van der Waals surface area contributed by atoms with Crippen molar-refractivity contribution >= 4 is 0 Å². The van der Waals surface area contributed by atoms with Crippen LogP contribution in [0.25, 0.3) is 0 Å². The number of aliphatic hydroxyl groups excluding tert-OH is 1. The van der Waals surface area contributed by atoms with Crippen molar-refractivity contribution in [1.82, 2.24) is 0 Å². The first kappa shape index (κ1) is 19.6. The van der Waals surface area contributed by atoms with Crippen LogP contribution in [0.15, 0.2) is 11.9 Å². The van der Waals surface area contributed by atoms with Gasteiger partial charge in [0.25, 0.3) is 0 Å². The largest absolute Gasteiger partial charge is 0.389 e. The molecule has 0 amide bonds. The van der Waals surface area contributed by atoms with Crippen LogP contribution in [0.3, 0.4) is 0 Å². The normalized spacial score (nSPS) is 12.1. The van der Waals surface area contributed by atoms with Gasteiger partial charge in [-0.3, -0.25) is 0 Å². The molecule has 0 bridgehead atoms. The molecule has 20 heavy (non-hydrogen) atoms. The van der Waals surface area contributed by atoms with Gasteiger partial charge in [-0.1, -0.05) is 90.0 Å². The molecule has 1 N–H and O–H groups in total. The molecule has 0 aliphatic carbocycles. The van der Waals surface area contributed by atoms with E-state index >= 15 is 0 Å². The molecule has 0 aromatic rings. The maximum atomic E-state index is 12.6. The lowest BCUT2D eigenvalue weighted by Crippen LogP contribution is -1.84. The first-order valence-corrected chi connectivity index (χ1v) is 8.76. The molecule has 0 aromatic carbocycles. The quantitative estimate of drug-likeness (QED) is 0.349. The van der Waals surface area contributed by atoms with E-state index in [-0.39, 0.29) is 5.83 Å². The van der Waals surface area contributed by atoms with Gasteiger partial charge in [-0.25, -0.2) is 4.39 Å². The highest BCUT2D eigenvalue weighted by Gasteiger charge is 1.94. The zero-order valence-electron chi connectivity index (χ0n) is 13.5. The summed E-state index contributed by atoms with van der Waals surface area (Å²) in [6.07, 6.45) is 19.6. The van der Waals surface area contributed by atoms with E-state index in [9.17, 15) is 4.39 Å². The Morgan fingerprint density at radius 2 is 1.15 bits per heavy atom. The van der Waals surface area contributed by atoms with E-state index in [4.69, 9.17) is 5.11 Å². The summed E-state index contributed by atoms with van der Waals surface area (Å²) in [5, 5.41) is 8.50. The second-order valence-corrected chi connectivity index (χ2v) is 5.84. The SMILES string of the molecule is CCCCCCCCCCCCCCC/C=C(/F)CO. The van der Waals surface area contributed by atoms with Gasteiger partial charge in [0.2, 0.25) is 0 Å². The zero-order valence-corrected chi connectivity index (χ0v) is 13.5. The Labute approximate surface area is 125 Å². The third kappa shape index (κ3) is 15.7. The first-order valence-electron chi connectivity index (χ1n) is 8.76. The van der Waals surface area contributed by atoms with Crippen LogP contribution < -0.4 is 0 Å². The van der Waals surface area contributed by atoms with Crippen molar-refractivity contribution in [2.45, 2.75) is 96.8 Å². The van der Waals surface area contributed by atoms with Crippen molar-refractivity contribution in [2.24, 2.45) is 0 Å². The summed E-state index contributed by atoms with van der Waals surface area (Å²) in [7, 11) is 0. The highest BCUT2D eigenvalue weighted by molar-refractivity contribution is 4.90. The lowest BCUT2D eigenvalue weighted by molar-refractivity contribution is 0.297. The van der Waals surface area contributed by atoms with E-state index in [0.717, 1.165) is 12.8 Å². The summed E-state index contributed by atoms with van der Waals surface area (Å²) in [5.74, 6) is -0.385. The number of unbranched alkanes of at least 4 members (excludes halogenated alkanes) is 13. The van der Waals surface area contributed by atoms with Crippen LogP contribution in [0.5, 0.6) is 0 Å². The zero-order chi connectivity index (χ0) is 14.9. The molecular formula is C18H35FO. The number of halogens is 1. The number of allylic oxidation sites excluding steroid dienone is 1. The average molecular weight is 286 g/mol. The van der Waals surface area contributed by atoms with Crippen molar-refractivity contribution in [3.05, 3.63) is 11.9 Å². The number of aliphatic hydroxyl groups is 1. The van der Waals surface area contributed by atoms with E-state index in [0.29, 0.717) is 0 Å². The van der Waals surface area contributed by atoms with Crippen LogP contribution in [0.1, 0.15) is 96.8 Å². The van der Waals surface area contributed by atoms with E-state index in [1.165, 1.54) is 83.1 Å². The molecule has 1 nitrogen and oxygen atoms in total. The molecule has 0 unspecified atom stereocenters. The Bertz CT molecular complexity index is 213. The molecule has 120 valence electrons. The molecule has 0 saturated heterocycles. The smallest absolute Gasteiger partial charge is 0.121 e. The molecule has 0 aliphatic rings. The highest BCUT2D eigenvalue weighted by atomic mass is 19.1. The van der Waals surface area contributed by atoms with Gasteiger partial charge in [-0.05, 0) is 12.8 Å². The van der Waals surface area contributed by atoms with Crippen LogP contribution in [0.4, 0.5) is 4.39 Å². The molecule has 0 fully saturated rings. The van der Waals surface area contributed by atoms with Gasteiger partial charge in [0, 0.05) is 0 Å². The van der Waals surface area contributed by atoms with Crippen LogP contribution in [-0.4, -0.2) is 11.7 Å². The van der Waals surface area contributed by atoms with Crippen LogP contribution in [-0.2, 0) is 0 Å². The van der Waals surface area contributed by atoms with Gasteiger partial charge < -0.3 is 5.11 Å². The minimum absolute atomic E-state index is 0.385. The monoisotopic (exact) mass is 286 g/mol. The second kappa shape index (κ2) is 16.7. The molecule has 0 aliphatic heterocycles. The number of hydrogen-bond donors (Lipinski definition) is 1. The Morgan fingerprint density at radius 3 is 1.55 bits per heavy atom. The average Bonchev–Trinajstić information content (AvgIpc) is 2.47. The fourth-order valence-electron chi connectivity index (χ4n) is 2.49. The fourth-order valence-corrected chi connectivity index (χ4v) is 2.49. The van der Waals surface area contributed by atoms with E-state index in [1.54, 1.807) is 0 Å². The van der Waals surface area contributed by atoms with Crippen molar-refractivity contribution in [3.8, 4) is 0 Å². The minimum atomic E-state index is -0.446. The summed E-state index contributed by atoms with van der Waals surface area (Å²) in [6, 6.07) is 0. The van der Waals surface area contributed by atoms with Gasteiger partial charge >= 0.3 is 0 Å². The lowest BCUT2D eigenvalue weighted by Gasteiger charge is -2.02. The van der Waals surface area contributed by atoms with Crippen molar-refractivity contribution < 1.29 is 9.50 Å². The summed E-state index contributed by atoms with van der Waals surface area (Å²) in [5.41, 5.74) is 0. The third-order valence-corrected chi connectivity index (χ3v) is 3.82. The topological polar surface area (TPSA) is 20.2 Å². The molecule has 0 radical (unpaired) electrons. The van der Waals surface area contributed by atoms with Crippen molar-refractivity contribution in [2.75, 3.05) is 6.61 Å². The first-order chi connectivity index (χ1) is 9.81. The van der Waals surface area contributed by atoms with Crippen molar-refractivity contribution in [3.63, 3.8) is 0 Å². The predicted molar refractivity (Wildman–Crippen MR) is 86.6 cm³/mol. The van der Waals surface area contributed by atoms with Crippen molar-refractivity contribution in [1.29, 1.82) is 0 Å². The van der Waals surface area contributed by atoms with Crippen LogP contribution in [0.2, 0.25) is 0 Å². The molecule has 0 spiro atoms. The maximum absolute atomic E-state index is 12.6. The molecule has 0 heterocycles. The Kier molecular flexibility index (Phi) is 16.4. The van der Waals surface area contributed by atoms with Gasteiger partial charge in [0.05, 0.1) is 6.61 Å². The Balaban J connectivity index is 3.03. The summed E-state index contributed by atoms with van der Waals surface area (Å²) < 4.78 is 12.6. The highest BCUT2D eigenvalue weighted by Crippen LogP contribution is 2.13. The summed E-state index contributed by atoms with van der Waals surface area (Å²) in [6.45, 7) is 1.82. The Morgan fingerprint density at radius 1 is 0.750 bits per heavy atom. The minimum Gasteiger partial charge on any atom is -0.389 e. The third-order valence-electron chi connectivity index (χ3n) is 3.82. The van der Waals surface area contributed by atoms with E-state index < -0.39 is 6.61 Å². The Hall–Kier alpha value is -0.370. The molecular weight excluding hydrogens is 251 g/mol. The molecule has 0 rings (SSSR count). The van der Waals surface area contributed by atoms with Crippen LogP contribution in [0, 0.1) is 0 Å². The second-order valence-electron chi connectivity index (χ2n) is 5.84. The van der Waals surface area contributed by atoms with E-state index in [2.05, 4.69) is 6.92 Å². The van der Waals surface area contributed by atoms with Gasteiger partial charge in [-0.15, -0.1) is 0 Å². The number of rotatable bonds is 15.